The van der Waals surface area contributed by atoms with Gasteiger partial charge in [0.2, 0.25) is 0 Å². The zero-order valence-electron chi connectivity index (χ0n) is 17.9. The van der Waals surface area contributed by atoms with E-state index in [0.717, 1.165) is 30.1 Å². The minimum atomic E-state index is -0.989. The molecule has 3 aromatic carbocycles. The first-order chi connectivity index (χ1) is 14.4. The molecule has 0 saturated heterocycles. The summed E-state index contributed by atoms with van der Waals surface area (Å²) in [5.41, 5.74) is 8.21. The van der Waals surface area contributed by atoms with Gasteiger partial charge in [-0.15, -0.1) is 0 Å². The molecular weight excluding hydrogens is 428 g/mol. The summed E-state index contributed by atoms with van der Waals surface area (Å²) in [6.45, 7) is 4.66. The normalized spacial score (nSPS) is 10.3. The number of hydrogen-bond donors (Lipinski definition) is 2. The van der Waals surface area contributed by atoms with Crippen LogP contribution in [0.5, 0.6) is 0 Å². The van der Waals surface area contributed by atoms with Crippen molar-refractivity contribution in [2.45, 2.75) is 20.4 Å². The molecular formula is C24H28N2O3S2. The maximum Gasteiger partial charge on any atom is 0.331 e. The summed E-state index contributed by atoms with van der Waals surface area (Å²) in [6.07, 6.45) is 0. The van der Waals surface area contributed by atoms with Gasteiger partial charge in [-0.05, 0) is 72.0 Å². The lowest BCUT2D eigenvalue weighted by molar-refractivity contribution is -0.138. The second-order valence-corrected chi connectivity index (χ2v) is 8.02. The van der Waals surface area contributed by atoms with E-state index in [2.05, 4.69) is 61.6 Å². The molecule has 0 aliphatic heterocycles. The molecule has 0 aromatic heterocycles. The first kappa shape index (κ1) is 24.7. The van der Waals surface area contributed by atoms with Crippen molar-refractivity contribution in [1.29, 1.82) is 0 Å². The lowest BCUT2D eigenvalue weighted by Crippen LogP contribution is -2.11. The maximum absolute atomic E-state index is 10.5. The second kappa shape index (κ2) is 11.7. The number of carbonyl (C=O) groups is 1. The van der Waals surface area contributed by atoms with Crippen molar-refractivity contribution < 1.29 is 14.1 Å². The van der Waals surface area contributed by atoms with Crippen LogP contribution in [-0.2, 0) is 15.5 Å². The number of carboxylic acid groups (broad SMARTS) is 1. The minimum absolute atomic E-state index is 0. The average molecular weight is 457 g/mol. The highest BCUT2D eigenvalue weighted by atomic mass is 32.2. The molecule has 5 nitrogen and oxygen atoms in total. The number of aryl methyl sites for hydroxylation is 2. The number of hydrogen-bond acceptors (Lipinski definition) is 5. The summed E-state index contributed by atoms with van der Waals surface area (Å²) in [7, 11) is 1.83. The first-order valence-corrected chi connectivity index (χ1v) is 10.4. The quantitative estimate of drug-likeness (QED) is 0.314. The fourth-order valence-electron chi connectivity index (χ4n) is 3.11. The Morgan fingerprint density at radius 2 is 1.74 bits per heavy atom. The molecule has 31 heavy (non-hydrogen) atoms. The monoisotopic (exact) mass is 456 g/mol. The van der Waals surface area contributed by atoms with Crippen LogP contribution in [0.1, 0.15) is 16.7 Å². The molecule has 2 N–H and O–H groups in total. The Kier molecular flexibility index (Phi) is 9.30. The number of aliphatic carboxylic acids is 1. The smallest absolute Gasteiger partial charge is 0.331 e. The SMILES string of the molecule is Cc1ccc(-c2ccccc2C)cc1CNc1ccc(N(C)SOCC(=O)O)cc1.S. The van der Waals surface area contributed by atoms with Crippen LogP contribution in [0.3, 0.4) is 0 Å². The Morgan fingerprint density at radius 3 is 2.42 bits per heavy atom. The van der Waals surface area contributed by atoms with Crippen LogP contribution in [0, 0.1) is 13.8 Å². The molecule has 0 saturated carbocycles. The summed E-state index contributed by atoms with van der Waals surface area (Å²) in [6, 6.07) is 23.0. The van der Waals surface area contributed by atoms with E-state index < -0.39 is 5.97 Å². The van der Waals surface area contributed by atoms with Gasteiger partial charge in [0.25, 0.3) is 0 Å². The maximum atomic E-state index is 10.5. The van der Waals surface area contributed by atoms with Gasteiger partial charge in [-0.3, -0.25) is 8.49 Å². The lowest BCUT2D eigenvalue weighted by atomic mass is 9.96. The Morgan fingerprint density at radius 1 is 1.03 bits per heavy atom. The molecule has 0 radical (unpaired) electrons. The van der Waals surface area contributed by atoms with E-state index in [1.165, 1.54) is 27.8 Å². The number of rotatable bonds is 9. The summed E-state index contributed by atoms with van der Waals surface area (Å²) < 4.78 is 6.82. The van der Waals surface area contributed by atoms with E-state index in [1.54, 1.807) is 4.31 Å². The molecule has 7 heteroatoms. The van der Waals surface area contributed by atoms with Gasteiger partial charge in [-0.1, -0.05) is 36.4 Å². The van der Waals surface area contributed by atoms with Crippen molar-refractivity contribution in [3.8, 4) is 11.1 Å². The third-order valence-electron chi connectivity index (χ3n) is 4.87. The molecule has 0 amide bonds. The second-order valence-electron chi connectivity index (χ2n) is 7.08. The van der Waals surface area contributed by atoms with Crippen molar-refractivity contribution in [3.05, 3.63) is 83.4 Å². The first-order valence-electron chi connectivity index (χ1n) is 9.68. The van der Waals surface area contributed by atoms with Crippen LogP contribution in [0.15, 0.2) is 66.7 Å². The van der Waals surface area contributed by atoms with Gasteiger partial charge in [-0.2, -0.15) is 13.5 Å². The van der Waals surface area contributed by atoms with Gasteiger partial charge in [0, 0.05) is 25.0 Å². The number of benzene rings is 3. The van der Waals surface area contributed by atoms with Crippen LogP contribution < -0.4 is 9.62 Å². The highest BCUT2D eigenvalue weighted by Gasteiger charge is 2.07. The molecule has 0 unspecified atom stereocenters. The molecule has 0 atom stereocenters. The summed E-state index contributed by atoms with van der Waals surface area (Å²) in [5.74, 6) is -0.989. The predicted octanol–water partition coefficient (Wildman–Crippen LogP) is 5.80. The predicted molar refractivity (Wildman–Crippen MR) is 135 cm³/mol. The van der Waals surface area contributed by atoms with Crippen molar-refractivity contribution in [2.75, 3.05) is 23.3 Å². The van der Waals surface area contributed by atoms with Crippen molar-refractivity contribution in [3.63, 3.8) is 0 Å². The number of nitrogens with one attached hydrogen (secondary N) is 1. The standard InChI is InChI=1S/C24H26N2O3S.H2S/c1-17-8-9-19(23-7-5-4-6-18(23)2)14-20(17)15-25-21-10-12-22(13-11-21)26(3)30-29-16-24(27)28;/h4-14,25H,15-16H2,1-3H3,(H,27,28);1H2. The number of anilines is 2. The van der Waals surface area contributed by atoms with Crippen LogP contribution in [-0.4, -0.2) is 24.7 Å². The largest absolute Gasteiger partial charge is 0.479 e. The molecule has 0 spiro atoms. The third-order valence-corrected chi connectivity index (χ3v) is 5.52. The third kappa shape index (κ3) is 6.95. The Balaban J connectivity index is 0.00000341. The van der Waals surface area contributed by atoms with E-state index in [1.807, 2.05) is 31.3 Å². The molecule has 0 aliphatic carbocycles. The van der Waals surface area contributed by atoms with Crippen molar-refractivity contribution >= 4 is 43.1 Å². The Bertz CT molecular complexity index is 1010. The van der Waals surface area contributed by atoms with Crippen LogP contribution in [0.2, 0.25) is 0 Å². The van der Waals surface area contributed by atoms with E-state index in [9.17, 15) is 4.79 Å². The summed E-state index contributed by atoms with van der Waals surface area (Å²) >= 11 is 1.01. The highest BCUT2D eigenvalue weighted by molar-refractivity contribution is 7.96. The van der Waals surface area contributed by atoms with Crippen LogP contribution >= 0.6 is 25.7 Å². The number of nitrogens with zero attached hydrogens (tertiary/aromatic N) is 1. The van der Waals surface area contributed by atoms with E-state index in [-0.39, 0.29) is 20.1 Å². The average Bonchev–Trinajstić information content (AvgIpc) is 2.74. The van der Waals surface area contributed by atoms with Gasteiger partial charge < -0.3 is 10.4 Å². The van der Waals surface area contributed by atoms with Crippen LogP contribution in [0.4, 0.5) is 11.4 Å². The van der Waals surface area contributed by atoms with Gasteiger partial charge in [0.1, 0.15) is 12.2 Å². The molecule has 3 aromatic rings. The van der Waals surface area contributed by atoms with Crippen LogP contribution in [0.25, 0.3) is 11.1 Å². The highest BCUT2D eigenvalue weighted by Crippen LogP contribution is 2.27. The zero-order valence-corrected chi connectivity index (χ0v) is 19.7. The van der Waals surface area contributed by atoms with Gasteiger partial charge >= 0.3 is 5.97 Å². The summed E-state index contributed by atoms with van der Waals surface area (Å²) in [4.78, 5) is 10.5. The summed E-state index contributed by atoms with van der Waals surface area (Å²) in [5, 5.41) is 12.1. The zero-order chi connectivity index (χ0) is 21.5. The van der Waals surface area contributed by atoms with Gasteiger partial charge in [0.15, 0.2) is 6.61 Å². The molecule has 0 fully saturated rings. The van der Waals surface area contributed by atoms with Crippen molar-refractivity contribution in [2.24, 2.45) is 0 Å². The van der Waals surface area contributed by atoms with E-state index in [4.69, 9.17) is 9.29 Å². The van der Waals surface area contributed by atoms with E-state index >= 15 is 0 Å². The van der Waals surface area contributed by atoms with Gasteiger partial charge in [0.05, 0.1) is 0 Å². The molecule has 0 heterocycles. The number of carboxylic acids is 1. The van der Waals surface area contributed by atoms with Gasteiger partial charge in [-0.25, -0.2) is 4.79 Å². The molecule has 164 valence electrons. The fraction of sp³-hybridized carbons (Fsp3) is 0.208. The minimum Gasteiger partial charge on any atom is -0.479 e. The Hall–Kier alpha value is -2.61. The Labute approximate surface area is 195 Å². The topological polar surface area (TPSA) is 61.8 Å². The lowest BCUT2D eigenvalue weighted by Gasteiger charge is -2.17. The van der Waals surface area contributed by atoms with E-state index in [0.29, 0.717) is 0 Å². The van der Waals surface area contributed by atoms with Crippen molar-refractivity contribution in [1.82, 2.24) is 0 Å². The molecule has 0 aliphatic rings. The molecule has 0 bridgehead atoms. The fourth-order valence-corrected chi connectivity index (χ4v) is 3.63. The molecule has 3 rings (SSSR count).